The van der Waals surface area contributed by atoms with E-state index in [-0.39, 0.29) is 18.5 Å². The van der Waals surface area contributed by atoms with Crippen molar-refractivity contribution < 1.29 is 9.59 Å². The number of rotatable bonds is 4. The Morgan fingerprint density at radius 3 is 2.75 bits per heavy atom. The van der Waals surface area contributed by atoms with Crippen LogP contribution in [-0.4, -0.2) is 61.0 Å². The van der Waals surface area contributed by atoms with Crippen LogP contribution in [0.4, 0.5) is 4.79 Å². The van der Waals surface area contributed by atoms with Crippen molar-refractivity contribution in [1.82, 2.24) is 15.1 Å². The van der Waals surface area contributed by atoms with Gasteiger partial charge in [-0.3, -0.25) is 9.69 Å². The molecule has 0 bridgehead atoms. The van der Waals surface area contributed by atoms with Crippen molar-refractivity contribution in [2.45, 2.75) is 6.42 Å². The van der Waals surface area contributed by atoms with E-state index in [0.29, 0.717) is 12.5 Å². The third-order valence-electron chi connectivity index (χ3n) is 3.28. The minimum atomic E-state index is -0.264. The molecule has 2 heterocycles. The number of urea groups is 1. The first kappa shape index (κ1) is 11.3. The van der Waals surface area contributed by atoms with Gasteiger partial charge in [0, 0.05) is 19.6 Å². The number of amides is 3. The Kier molecular flexibility index (Phi) is 3.40. The number of carbonyl (C=O) groups excluding carboxylic acids is 2. The summed E-state index contributed by atoms with van der Waals surface area (Å²) in [5.41, 5.74) is 5.60. The van der Waals surface area contributed by atoms with Gasteiger partial charge >= 0.3 is 6.03 Å². The van der Waals surface area contributed by atoms with Gasteiger partial charge in [-0.2, -0.15) is 0 Å². The molecular formula is C10H18N4O2. The van der Waals surface area contributed by atoms with Crippen LogP contribution in [0.2, 0.25) is 0 Å². The van der Waals surface area contributed by atoms with Crippen LogP contribution in [0.1, 0.15) is 6.42 Å². The predicted octanol–water partition coefficient (Wildman–Crippen LogP) is -1.18. The third-order valence-corrected chi connectivity index (χ3v) is 3.28. The highest BCUT2D eigenvalue weighted by Crippen LogP contribution is 2.14. The molecule has 0 aromatic rings. The molecule has 0 aromatic carbocycles. The number of carbonyl (C=O) groups is 2. The summed E-state index contributed by atoms with van der Waals surface area (Å²) in [4.78, 5) is 26.1. The van der Waals surface area contributed by atoms with Crippen LogP contribution >= 0.6 is 0 Å². The van der Waals surface area contributed by atoms with Crippen molar-refractivity contribution in [3.63, 3.8) is 0 Å². The van der Waals surface area contributed by atoms with Crippen molar-refractivity contribution >= 4 is 11.9 Å². The molecule has 16 heavy (non-hydrogen) atoms. The minimum absolute atomic E-state index is 0.125. The van der Waals surface area contributed by atoms with E-state index in [1.807, 2.05) is 0 Å². The molecule has 1 unspecified atom stereocenters. The molecular weight excluding hydrogens is 208 g/mol. The topological polar surface area (TPSA) is 78.7 Å². The van der Waals surface area contributed by atoms with Crippen LogP contribution < -0.4 is 11.1 Å². The van der Waals surface area contributed by atoms with Crippen LogP contribution in [0.25, 0.3) is 0 Å². The van der Waals surface area contributed by atoms with Crippen molar-refractivity contribution in [3.8, 4) is 0 Å². The minimum Gasteiger partial charge on any atom is -0.330 e. The average Bonchev–Trinajstić information content (AvgIpc) is 2.85. The Morgan fingerprint density at radius 2 is 2.19 bits per heavy atom. The van der Waals surface area contributed by atoms with Gasteiger partial charge in [-0.15, -0.1) is 0 Å². The van der Waals surface area contributed by atoms with E-state index in [2.05, 4.69) is 10.2 Å². The zero-order valence-electron chi connectivity index (χ0n) is 9.32. The number of nitrogens with two attached hydrogens (primary N) is 1. The molecule has 2 rings (SSSR count). The van der Waals surface area contributed by atoms with Gasteiger partial charge in [-0.25, -0.2) is 4.79 Å². The summed E-state index contributed by atoms with van der Waals surface area (Å²) in [6.07, 6.45) is 1.12. The number of nitrogens with zero attached hydrogens (tertiary/aromatic N) is 2. The SMILES string of the molecule is NCC1CCN(CCN2C(=O)CNC2=O)C1. The summed E-state index contributed by atoms with van der Waals surface area (Å²) < 4.78 is 0. The fourth-order valence-corrected chi connectivity index (χ4v) is 2.23. The molecule has 2 saturated heterocycles. The first-order valence-corrected chi connectivity index (χ1v) is 5.71. The number of nitrogens with one attached hydrogen (secondary N) is 1. The van der Waals surface area contributed by atoms with Gasteiger partial charge in [0.2, 0.25) is 5.91 Å². The lowest BCUT2D eigenvalue weighted by molar-refractivity contribution is -0.125. The average molecular weight is 226 g/mol. The maximum absolute atomic E-state index is 11.3. The standard InChI is InChI=1S/C10H18N4O2/c11-5-8-1-2-13(7-8)3-4-14-9(15)6-12-10(14)16/h8H,1-7,11H2,(H,12,16). The molecule has 0 radical (unpaired) electrons. The summed E-state index contributed by atoms with van der Waals surface area (Å²) in [5, 5.41) is 2.51. The molecule has 0 aliphatic carbocycles. The van der Waals surface area contributed by atoms with Crippen LogP contribution in [0, 0.1) is 5.92 Å². The van der Waals surface area contributed by atoms with E-state index in [4.69, 9.17) is 5.73 Å². The molecule has 0 saturated carbocycles. The molecule has 6 nitrogen and oxygen atoms in total. The number of likely N-dealkylation sites (tertiary alicyclic amines) is 1. The summed E-state index contributed by atoms with van der Waals surface area (Å²) in [6, 6.07) is -0.264. The molecule has 90 valence electrons. The summed E-state index contributed by atoms with van der Waals surface area (Å²) in [7, 11) is 0. The van der Waals surface area contributed by atoms with E-state index in [0.717, 1.165) is 32.6 Å². The Balaban J connectivity index is 1.75. The highest BCUT2D eigenvalue weighted by molar-refractivity contribution is 6.01. The van der Waals surface area contributed by atoms with Gasteiger partial charge in [0.1, 0.15) is 0 Å². The van der Waals surface area contributed by atoms with Gasteiger partial charge < -0.3 is 16.0 Å². The Morgan fingerprint density at radius 1 is 1.38 bits per heavy atom. The largest absolute Gasteiger partial charge is 0.330 e. The van der Waals surface area contributed by atoms with E-state index in [1.54, 1.807) is 0 Å². The zero-order chi connectivity index (χ0) is 11.5. The number of hydrogen-bond donors (Lipinski definition) is 2. The molecule has 2 aliphatic rings. The maximum atomic E-state index is 11.3. The van der Waals surface area contributed by atoms with Crippen molar-refractivity contribution in [2.75, 3.05) is 39.3 Å². The lowest BCUT2D eigenvalue weighted by Gasteiger charge is -2.19. The predicted molar refractivity (Wildman–Crippen MR) is 58.7 cm³/mol. The second-order valence-electron chi connectivity index (χ2n) is 4.40. The van der Waals surface area contributed by atoms with E-state index < -0.39 is 0 Å². The first-order valence-electron chi connectivity index (χ1n) is 5.71. The fourth-order valence-electron chi connectivity index (χ4n) is 2.23. The highest BCUT2D eigenvalue weighted by atomic mass is 16.2. The van der Waals surface area contributed by atoms with Crippen LogP contribution in [-0.2, 0) is 4.79 Å². The quantitative estimate of drug-likeness (QED) is 0.591. The lowest BCUT2D eigenvalue weighted by atomic mass is 10.1. The van der Waals surface area contributed by atoms with Gasteiger partial charge in [-0.1, -0.05) is 0 Å². The molecule has 2 fully saturated rings. The van der Waals surface area contributed by atoms with E-state index in [1.165, 1.54) is 4.90 Å². The molecule has 1 atom stereocenters. The summed E-state index contributed by atoms with van der Waals surface area (Å²) in [5.74, 6) is 0.447. The molecule has 2 aliphatic heterocycles. The van der Waals surface area contributed by atoms with E-state index >= 15 is 0 Å². The molecule has 6 heteroatoms. The number of imide groups is 1. The first-order chi connectivity index (χ1) is 7.70. The lowest BCUT2D eigenvalue weighted by Crippen LogP contribution is -2.38. The second kappa shape index (κ2) is 4.80. The normalized spacial score (nSPS) is 26.6. The Labute approximate surface area is 94.7 Å². The Hall–Kier alpha value is -1.14. The van der Waals surface area contributed by atoms with Gasteiger partial charge in [0.05, 0.1) is 6.54 Å². The summed E-state index contributed by atoms with van der Waals surface area (Å²) in [6.45, 7) is 4.12. The molecule has 3 N–H and O–H groups in total. The monoisotopic (exact) mass is 226 g/mol. The number of hydrogen-bond acceptors (Lipinski definition) is 4. The molecule has 3 amide bonds. The van der Waals surface area contributed by atoms with Crippen molar-refractivity contribution in [3.05, 3.63) is 0 Å². The van der Waals surface area contributed by atoms with E-state index in [9.17, 15) is 9.59 Å². The van der Waals surface area contributed by atoms with Gasteiger partial charge in [0.25, 0.3) is 0 Å². The fraction of sp³-hybridized carbons (Fsp3) is 0.800. The van der Waals surface area contributed by atoms with Crippen LogP contribution in [0.5, 0.6) is 0 Å². The molecule has 0 aromatic heterocycles. The van der Waals surface area contributed by atoms with Crippen LogP contribution in [0.3, 0.4) is 0 Å². The Bertz CT molecular complexity index is 279. The summed E-state index contributed by atoms with van der Waals surface area (Å²) >= 11 is 0. The smallest absolute Gasteiger partial charge is 0.324 e. The molecule has 0 spiro atoms. The van der Waals surface area contributed by atoms with Crippen LogP contribution in [0.15, 0.2) is 0 Å². The van der Waals surface area contributed by atoms with Crippen molar-refractivity contribution in [1.29, 1.82) is 0 Å². The third kappa shape index (κ3) is 2.33. The maximum Gasteiger partial charge on any atom is 0.324 e. The van der Waals surface area contributed by atoms with Crippen molar-refractivity contribution in [2.24, 2.45) is 11.7 Å². The highest BCUT2D eigenvalue weighted by Gasteiger charge is 2.29. The second-order valence-corrected chi connectivity index (χ2v) is 4.40. The zero-order valence-corrected chi connectivity index (χ0v) is 9.32. The van der Waals surface area contributed by atoms with Gasteiger partial charge in [-0.05, 0) is 25.4 Å². The van der Waals surface area contributed by atoms with Gasteiger partial charge in [0.15, 0.2) is 0 Å².